The monoisotopic (exact) mass is 295 g/mol. The summed E-state index contributed by atoms with van der Waals surface area (Å²) in [6.45, 7) is 3.95. The number of halogens is 2. The third-order valence-electron chi connectivity index (χ3n) is 2.97. The van der Waals surface area contributed by atoms with Crippen molar-refractivity contribution in [3.8, 4) is 5.75 Å². The fourth-order valence-electron chi connectivity index (χ4n) is 1.95. The molecule has 2 aromatic rings. The summed E-state index contributed by atoms with van der Waals surface area (Å²) in [6, 6.07) is 10.9. The van der Waals surface area contributed by atoms with E-state index in [1.54, 1.807) is 12.1 Å². The first-order chi connectivity index (χ1) is 8.99. The molecule has 0 aliphatic heterocycles. The Morgan fingerprint density at radius 2 is 1.89 bits per heavy atom. The highest BCUT2D eigenvalue weighted by Gasteiger charge is 2.12. The molecule has 0 aliphatic carbocycles. The fraction of sp³-hybridized carbons (Fsp3) is 0.200. The predicted molar refractivity (Wildman–Crippen MR) is 81.3 cm³/mol. The van der Waals surface area contributed by atoms with Crippen molar-refractivity contribution < 1.29 is 5.11 Å². The van der Waals surface area contributed by atoms with Gasteiger partial charge in [0.05, 0.1) is 21.8 Å². The van der Waals surface area contributed by atoms with Gasteiger partial charge in [0.15, 0.2) is 0 Å². The number of nitrogens with one attached hydrogen (secondary N) is 1. The average molecular weight is 296 g/mol. The van der Waals surface area contributed by atoms with E-state index in [0.717, 1.165) is 16.8 Å². The molecule has 2 rings (SSSR count). The van der Waals surface area contributed by atoms with Gasteiger partial charge in [-0.1, -0.05) is 47.0 Å². The topological polar surface area (TPSA) is 32.3 Å². The fourth-order valence-corrected chi connectivity index (χ4v) is 2.30. The van der Waals surface area contributed by atoms with Gasteiger partial charge in [0, 0.05) is 5.56 Å². The van der Waals surface area contributed by atoms with Crippen molar-refractivity contribution in [3.63, 3.8) is 0 Å². The maximum atomic E-state index is 9.91. The van der Waals surface area contributed by atoms with Crippen LogP contribution in [0, 0.1) is 6.92 Å². The summed E-state index contributed by atoms with van der Waals surface area (Å²) in [7, 11) is 0. The normalized spacial score (nSPS) is 12.2. The van der Waals surface area contributed by atoms with E-state index in [2.05, 4.69) is 5.32 Å². The lowest BCUT2D eigenvalue weighted by Gasteiger charge is -2.18. The van der Waals surface area contributed by atoms with Crippen LogP contribution in [0.3, 0.4) is 0 Å². The van der Waals surface area contributed by atoms with Crippen molar-refractivity contribution in [1.29, 1.82) is 0 Å². The van der Waals surface area contributed by atoms with Gasteiger partial charge in [0.1, 0.15) is 5.75 Å². The third-order valence-corrected chi connectivity index (χ3v) is 3.79. The van der Waals surface area contributed by atoms with Gasteiger partial charge in [-0.2, -0.15) is 0 Å². The van der Waals surface area contributed by atoms with Gasteiger partial charge < -0.3 is 10.4 Å². The van der Waals surface area contributed by atoms with Gasteiger partial charge in [-0.3, -0.25) is 0 Å². The molecule has 0 aromatic heterocycles. The number of phenolic OH excluding ortho intramolecular Hbond substituents is 1. The SMILES string of the molecule is Cc1ccc(O)c(C(C)Nc2cccc(Cl)c2Cl)c1. The first kappa shape index (κ1) is 14.0. The molecular formula is C15H15Cl2NO. The van der Waals surface area contributed by atoms with E-state index >= 15 is 0 Å². The van der Waals surface area contributed by atoms with Crippen LogP contribution in [0.15, 0.2) is 36.4 Å². The molecule has 1 atom stereocenters. The van der Waals surface area contributed by atoms with Crippen LogP contribution in [-0.4, -0.2) is 5.11 Å². The van der Waals surface area contributed by atoms with Crippen LogP contribution in [0.2, 0.25) is 10.0 Å². The van der Waals surface area contributed by atoms with Crippen LogP contribution in [0.1, 0.15) is 24.1 Å². The van der Waals surface area contributed by atoms with E-state index in [4.69, 9.17) is 23.2 Å². The van der Waals surface area contributed by atoms with E-state index in [-0.39, 0.29) is 11.8 Å². The Morgan fingerprint density at radius 3 is 2.63 bits per heavy atom. The zero-order valence-electron chi connectivity index (χ0n) is 10.7. The van der Waals surface area contributed by atoms with E-state index in [1.165, 1.54) is 0 Å². The molecular weight excluding hydrogens is 281 g/mol. The van der Waals surface area contributed by atoms with Gasteiger partial charge in [0.25, 0.3) is 0 Å². The minimum absolute atomic E-state index is 0.0733. The lowest BCUT2D eigenvalue weighted by molar-refractivity contribution is 0.465. The molecule has 0 aliphatic rings. The van der Waals surface area contributed by atoms with Gasteiger partial charge in [-0.05, 0) is 32.0 Å². The Bertz CT molecular complexity index is 599. The summed E-state index contributed by atoms with van der Waals surface area (Å²) in [4.78, 5) is 0. The number of aromatic hydroxyl groups is 1. The molecule has 0 fully saturated rings. The molecule has 2 nitrogen and oxygen atoms in total. The van der Waals surface area contributed by atoms with Crippen molar-refractivity contribution in [2.45, 2.75) is 19.9 Å². The van der Waals surface area contributed by atoms with E-state index in [9.17, 15) is 5.11 Å². The first-order valence-corrected chi connectivity index (χ1v) is 6.74. The van der Waals surface area contributed by atoms with Gasteiger partial charge in [-0.15, -0.1) is 0 Å². The highest BCUT2D eigenvalue weighted by Crippen LogP contribution is 2.33. The summed E-state index contributed by atoms with van der Waals surface area (Å²) >= 11 is 12.1. The molecule has 0 amide bonds. The second-order valence-corrected chi connectivity index (χ2v) is 5.31. The number of rotatable bonds is 3. The summed E-state index contributed by atoms with van der Waals surface area (Å²) in [5.74, 6) is 0.267. The molecule has 0 heterocycles. The zero-order valence-corrected chi connectivity index (χ0v) is 12.3. The maximum absolute atomic E-state index is 9.91. The predicted octanol–water partition coefficient (Wildman–Crippen LogP) is 5.18. The van der Waals surface area contributed by atoms with Crippen LogP contribution in [-0.2, 0) is 0 Å². The van der Waals surface area contributed by atoms with E-state index in [1.807, 2.05) is 38.1 Å². The molecule has 1 unspecified atom stereocenters. The van der Waals surface area contributed by atoms with Crippen molar-refractivity contribution in [1.82, 2.24) is 0 Å². The van der Waals surface area contributed by atoms with E-state index < -0.39 is 0 Å². The molecule has 2 N–H and O–H groups in total. The lowest BCUT2D eigenvalue weighted by Crippen LogP contribution is -2.07. The molecule has 100 valence electrons. The standard InChI is InChI=1S/C15H15Cl2NO/c1-9-6-7-14(19)11(8-9)10(2)18-13-5-3-4-12(16)15(13)17/h3-8,10,18-19H,1-2H3. The molecule has 0 bridgehead atoms. The molecule has 0 spiro atoms. The molecule has 0 radical (unpaired) electrons. The second-order valence-electron chi connectivity index (χ2n) is 4.53. The Balaban J connectivity index is 2.28. The Kier molecular flexibility index (Phi) is 4.23. The van der Waals surface area contributed by atoms with Gasteiger partial charge in [-0.25, -0.2) is 0 Å². The van der Waals surface area contributed by atoms with Gasteiger partial charge in [0.2, 0.25) is 0 Å². The highest BCUT2D eigenvalue weighted by atomic mass is 35.5. The van der Waals surface area contributed by atoms with Crippen LogP contribution in [0.4, 0.5) is 5.69 Å². The molecule has 2 aromatic carbocycles. The molecule has 4 heteroatoms. The smallest absolute Gasteiger partial charge is 0.120 e. The molecule has 0 saturated carbocycles. The minimum atomic E-state index is -0.0733. The molecule has 0 saturated heterocycles. The number of hydrogen-bond acceptors (Lipinski definition) is 2. The summed E-state index contributed by atoms with van der Waals surface area (Å²) in [5.41, 5.74) is 2.68. The third kappa shape index (κ3) is 3.14. The Labute approximate surface area is 123 Å². The first-order valence-electron chi connectivity index (χ1n) is 5.99. The van der Waals surface area contributed by atoms with Crippen LogP contribution < -0.4 is 5.32 Å². The zero-order chi connectivity index (χ0) is 14.0. The number of benzene rings is 2. The van der Waals surface area contributed by atoms with Crippen molar-refractivity contribution in [2.24, 2.45) is 0 Å². The number of hydrogen-bond donors (Lipinski definition) is 2. The van der Waals surface area contributed by atoms with Crippen LogP contribution in [0.25, 0.3) is 0 Å². The van der Waals surface area contributed by atoms with Crippen molar-refractivity contribution in [3.05, 3.63) is 57.6 Å². The molecule has 19 heavy (non-hydrogen) atoms. The highest BCUT2D eigenvalue weighted by molar-refractivity contribution is 6.43. The summed E-state index contributed by atoms with van der Waals surface area (Å²) in [6.07, 6.45) is 0. The summed E-state index contributed by atoms with van der Waals surface area (Å²) in [5, 5.41) is 14.2. The van der Waals surface area contributed by atoms with Crippen molar-refractivity contribution >= 4 is 28.9 Å². The van der Waals surface area contributed by atoms with Crippen LogP contribution in [0.5, 0.6) is 5.75 Å². The van der Waals surface area contributed by atoms with E-state index in [0.29, 0.717) is 10.0 Å². The summed E-state index contributed by atoms with van der Waals surface area (Å²) < 4.78 is 0. The number of anilines is 1. The average Bonchev–Trinajstić information content (AvgIpc) is 2.38. The lowest BCUT2D eigenvalue weighted by atomic mass is 10.0. The maximum Gasteiger partial charge on any atom is 0.120 e. The Hall–Kier alpha value is -1.38. The number of phenols is 1. The second kappa shape index (κ2) is 5.72. The van der Waals surface area contributed by atoms with Crippen LogP contribution >= 0.6 is 23.2 Å². The Morgan fingerprint density at radius 1 is 1.16 bits per heavy atom. The quantitative estimate of drug-likeness (QED) is 0.818. The largest absolute Gasteiger partial charge is 0.508 e. The van der Waals surface area contributed by atoms with Gasteiger partial charge >= 0.3 is 0 Å². The number of aryl methyl sites for hydroxylation is 1. The minimum Gasteiger partial charge on any atom is -0.508 e. The van der Waals surface area contributed by atoms with Crippen molar-refractivity contribution in [2.75, 3.05) is 5.32 Å².